The number of nitrogens with two attached hydrogens (primary N) is 1. The number of anilines is 1. The summed E-state index contributed by atoms with van der Waals surface area (Å²) in [5, 5.41) is 8.71. The predicted molar refractivity (Wildman–Crippen MR) is 75.1 cm³/mol. The van der Waals surface area contributed by atoms with E-state index >= 15 is 0 Å². The second kappa shape index (κ2) is 6.98. The van der Waals surface area contributed by atoms with Gasteiger partial charge in [-0.05, 0) is 12.1 Å². The van der Waals surface area contributed by atoms with E-state index in [9.17, 15) is 8.42 Å². The highest BCUT2D eigenvalue weighted by molar-refractivity contribution is 8.00. The molecule has 0 saturated carbocycles. The van der Waals surface area contributed by atoms with Crippen LogP contribution < -0.4 is 5.73 Å². The van der Waals surface area contributed by atoms with Crippen molar-refractivity contribution in [3.8, 4) is 0 Å². The molecule has 0 heterocycles. The minimum Gasteiger partial charge on any atom is -0.398 e. The molecule has 0 amide bonds. The lowest BCUT2D eigenvalue weighted by Crippen LogP contribution is -2.32. The van der Waals surface area contributed by atoms with Gasteiger partial charge in [0, 0.05) is 29.9 Å². The summed E-state index contributed by atoms with van der Waals surface area (Å²) in [6.07, 6.45) is 0. The van der Waals surface area contributed by atoms with E-state index < -0.39 is 10.0 Å². The Bertz CT molecular complexity index is 477. The minimum absolute atomic E-state index is 0.0303. The number of aliphatic hydroxyl groups is 1. The zero-order valence-electron chi connectivity index (χ0n) is 10.2. The fraction of sp³-hybridized carbons (Fsp3) is 0.455. The lowest BCUT2D eigenvalue weighted by Gasteiger charge is -2.15. The van der Waals surface area contributed by atoms with Crippen molar-refractivity contribution in [3.05, 3.63) is 24.3 Å². The van der Waals surface area contributed by atoms with Gasteiger partial charge in [0.1, 0.15) is 0 Å². The number of rotatable bonds is 7. The number of nitrogens with zero attached hydrogens (tertiary/aromatic N) is 1. The van der Waals surface area contributed by atoms with Gasteiger partial charge in [-0.15, -0.1) is 11.8 Å². The maximum atomic E-state index is 11.8. The molecule has 5 nitrogen and oxygen atoms in total. The van der Waals surface area contributed by atoms with Crippen LogP contribution in [0.2, 0.25) is 0 Å². The number of aliphatic hydroxyl groups excluding tert-OH is 1. The van der Waals surface area contributed by atoms with Crippen LogP contribution in [0.25, 0.3) is 0 Å². The molecule has 0 fully saturated rings. The molecule has 0 spiro atoms. The van der Waals surface area contributed by atoms with Crippen LogP contribution in [0.5, 0.6) is 0 Å². The van der Waals surface area contributed by atoms with Gasteiger partial charge in [-0.3, -0.25) is 0 Å². The van der Waals surface area contributed by atoms with Crippen molar-refractivity contribution in [1.29, 1.82) is 0 Å². The molecule has 0 radical (unpaired) electrons. The number of hydrogen-bond donors (Lipinski definition) is 2. The predicted octanol–water partition coefficient (Wildman–Crippen LogP) is 0.615. The molecule has 0 unspecified atom stereocenters. The Hall–Kier alpha value is -0.760. The highest BCUT2D eigenvalue weighted by Gasteiger charge is 2.16. The van der Waals surface area contributed by atoms with Crippen molar-refractivity contribution in [3.63, 3.8) is 0 Å². The van der Waals surface area contributed by atoms with Crippen LogP contribution >= 0.6 is 11.8 Å². The molecule has 0 aliphatic rings. The third-order valence-corrected chi connectivity index (χ3v) is 5.61. The number of hydrogen-bond acceptors (Lipinski definition) is 5. The van der Waals surface area contributed by atoms with Crippen molar-refractivity contribution < 1.29 is 13.5 Å². The molecule has 0 aliphatic carbocycles. The van der Waals surface area contributed by atoms with Crippen LogP contribution in [0.4, 0.5) is 5.69 Å². The molecule has 102 valence electrons. The van der Waals surface area contributed by atoms with Gasteiger partial charge >= 0.3 is 0 Å². The summed E-state index contributed by atoms with van der Waals surface area (Å²) in [5.41, 5.74) is 6.42. The normalized spacial score (nSPS) is 11.9. The molecule has 0 saturated heterocycles. The fourth-order valence-electron chi connectivity index (χ4n) is 1.30. The fourth-order valence-corrected chi connectivity index (χ4v) is 3.78. The number of thioether (sulfide) groups is 1. The van der Waals surface area contributed by atoms with E-state index in [-0.39, 0.29) is 18.9 Å². The number of nitrogen functional groups attached to an aromatic ring is 1. The largest absolute Gasteiger partial charge is 0.398 e. The van der Waals surface area contributed by atoms with Crippen molar-refractivity contribution in [2.24, 2.45) is 0 Å². The summed E-state index contributed by atoms with van der Waals surface area (Å²) in [5.74, 6) is 0.467. The number of para-hydroxylation sites is 1. The second-order valence-corrected chi connectivity index (χ2v) is 7.08. The topological polar surface area (TPSA) is 83.6 Å². The first-order valence-corrected chi connectivity index (χ1v) is 8.09. The number of likely N-dealkylation sites (N-methyl/N-ethyl adjacent to an activating group) is 1. The van der Waals surface area contributed by atoms with Crippen LogP contribution in [-0.4, -0.2) is 49.5 Å². The van der Waals surface area contributed by atoms with E-state index in [4.69, 9.17) is 10.8 Å². The molecule has 3 N–H and O–H groups in total. The van der Waals surface area contributed by atoms with Crippen LogP contribution in [0.3, 0.4) is 0 Å². The molecule has 1 rings (SSSR count). The zero-order valence-corrected chi connectivity index (χ0v) is 11.9. The van der Waals surface area contributed by atoms with Gasteiger partial charge in [-0.25, -0.2) is 12.7 Å². The Morgan fingerprint density at radius 3 is 2.67 bits per heavy atom. The van der Waals surface area contributed by atoms with Gasteiger partial charge in [-0.1, -0.05) is 12.1 Å². The molecule has 0 bridgehead atoms. The Labute approximate surface area is 112 Å². The van der Waals surface area contributed by atoms with Crippen LogP contribution in [0.1, 0.15) is 0 Å². The third kappa shape index (κ3) is 4.49. The first kappa shape index (κ1) is 15.3. The van der Waals surface area contributed by atoms with E-state index in [1.807, 2.05) is 18.2 Å². The molecular formula is C11H18N2O3S2. The Morgan fingerprint density at radius 2 is 2.06 bits per heavy atom. The van der Waals surface area contributed by atoms with Crippen molar-refractivity contribution in [2.45, 2.75) is 4.90 Å². The standard InChI is InChI=1S/C11H18N2O3S2/c1-13(6-7-14)18(15,16)9-8-17-11-5-3-2-4-10(11)12/h2-5,14H,6-9,12H2,1H3. The summed E-state index contributed by atoms with van der Waals surface area (Å²) in [6, 6.07) is 7.36. The van der Waals surface area contributed by atoms with E-state index in [0.717, 1.165) is 4.90 Å². The summed E-state index contributed by atoms with van der Waals surface area (Å²) in [6.45, 7) is -0.0466. The van der Waals surface area contributed by atoms with Gasteiger partial charge in [0.2, 0.25) is 10.0 Å². The molecule has 0 atom stereocenters. The van der Waals surface area contributed by atoms with Gasteiger partial charge < -0.3 is 10.8 Å². The maximum Gasteiger partial charge on any atom is 0.214 e. The zero-order chi connectivity index (χ0) is 13.6. The van der Waals surface area contributed by atoms with E-state index in [2.05, 4.69) is 0 Å². The Morgan fingerprint density at radius 1 is 1.39 bits per heavy atom. The lowest BCUT2D eigenvalue weighted by atomic mass is 10.3. The maximum absolute atomic E-state index is 11.8. The van der Waals surface area contributed by atoms with Gasteiger partial charge in [0.05, 0.1) is 12.4 Å². The highest BCUT2D eigenvalue weighted by atomic mass is 32.2. The average Bonchev–Trinajstić information content (AvgIpc) is 2.32. The monoisotopic (exact) mass is 290 g/mol. The van der Waals surface area contributed by atoms with Crippen LogP contribution in [0.15, 0.2) is 29.2 Å². The van der Waals surface area contributed by atoms with Crippen molar-refractivity contribution in [1.82, 2.24) is 4.31 Å². The summed E-state index contributed by atoms with van der Waals surface area (Å²) in [7, 11) is -1.83. The third-order valence-electron chi connectivity index (χ3n) is 2.41. The molecular weight excluding hydrogens is 272 g/mol. The molecule has 1 aromatic rings. The van der Waals surface area contributed by atoms with Gasteiger partial charge in [0.15, 0.2) is 0 Å². The SMILES string of the molecule is CN(CCO)S(=O)(=O)CCSc1ccccc1N. The van der Waals surface area contributed by atoms with Crippen LogP contribution in [-0.2, 0) is 10.0 Å². The molecule has 0 aromatic heterocycles. The number of sulfonamides is 1. The first-order chi connectivity index (χ1) is 8.47. The molecule has 7 heteroatoms. The lowest BCUT2D eigenvalue weighted by molar-refractivity contribution is 0.266. The van der Waals surface area contributed by atoms with E-state index in [0.29, 0.717) is 11.4 Å². The van der Waals surface area contributed by atoms with Crippen molar-refractivity contribution in [2.75, 3.05) is 37.4 Å². The quantitative estimate of drug-likeness (QED) is 0.568. The molecule has 0 aliphatic heterocycles. The highest BCUT2D eigenvalue weighted by Crippen LogP contribution is 2.24. The Balaban J connectivity index is 2.49. The summed E-state index contributed by atoms with van der Waals surface area (Å²) < 4.78 is 24.7. The van der Waals surface area contributed by atoms with Crippen molar-refractivity contribution >= 4 is 27.5 Å². The second-order valence-electron chi connectivity index (χ2n) is 3.75. The summed E-state index contributed by atoms with van der Waals surface area (Å²) in [4.78, 5) is 0.887. The Kier molecular flexibility index (Phi) is 5.94. The molecule has 1 aromatic carbocycles. The van der Waals surface area contributed by atoms with Crippen LogP contribution in [0, 0.1) is 0 Å². The first-order valence-electron chi connectivity index (χ1n) is 5.49. The van der Waals surface area contributed by atoms with E-state index in [1.54, 1.807) is 6.07 Å². The smallest absolute Gasteiger partial charge is 0.214 e. The molecule has 18 heavy (non-hydrogen) atoms. The minimum atomic E-state index is -3.29. The summed E-state index contributed by atoms with van der Waals surface area (Å²) >= 11 is 1.42. The van der Waals surface area contributed by atoms with Gasteiger partial charge in [-0.2, -0.15) is 0 Å². The average molecular weight is 290 g/mol. The van der Waals surface area contributed by atoms with Gasteiger partial charge in [0.25, 0.3) is 0 Å². The number of benzene rings is 1. The van der Waals surface area contributed by atoms with E-state index in [1.165, 1.54) is 23.1 Å².